The molecule has 2 rings (SSSR count). The number of aliphatic hydroxyl groups is 1. The molecule has 1 atom stereocenters. The minimum Gasteiger partial charge on any atom is -0.373 e. The van der Waals surface area contributed by atoms with Crippen molar-refractivity contribution in [1.82, 2.24) is 9.97 Å². The number of nitrogens with zero attached hydrogens (tertiary/aromatic N) is 2. The fraction of sp³-hybridized carbons (Fsp3) is 0.231. The molecule has 0 aliphatic carbocycles. The van der Waals surface area contributed by atoms with Gasteiger partial charge in [-0.3, -0.25) is 9.97 Å². The van der Waals surface area contributed by atoms with E-state index in [0.717, 1.165) is 30.6 Å². The average Bonchev–Trinajstić information content (AvgIpc) is 2.47. The van der Waals surface area contributed by atoms with Crippen LogP contribution in [0, 0.1) is 0 Å². The van der Waals surface area contributed by atoms with Crippen LogP contribution in [0.3, 0.4) is 0 Å². The molecule has 2 aromatic rings. The van der Waals surface area contributed by atoms with Gasteiger partial charge in [-0.25, -0.2) is 0 Å². The Morgan fingerprint density at radius 1 is 0.905 bits per heavy atom. The van der Waals surface area contributed by atoms with Crippen LogP contribution in [-0.4, -0.2) is 27.2 Å². The summed E-state index contributed by atoms with van der Waals surface area (Å²) in [6.07, 6.45) is -3.01. The standard InChI is InChI=1S/C13H9F5N2O/c14-12(15,13(16,17)18)11(21,9-4-3-6-19-8-9)10-5-1-2-7-20-10/h1-8,21H. The highest BCUT2D eigenvalue weighted by Gasteiger charge is 2.71. The molecule has 0 aromatic carbocycles. The number of hydrogen-bond acceptors (Lipinski definition) is 3. The molecule has 112 valence electrons. The van der Waals surface area contributed by atoms with Gasteiger partial charge in [0.1, 0.15) is 0 Å². The van der Waals surface area contributed by atoms with E-state index < -0.39 is 29.0 Å². The van der Waals surface area contributed by atoms with Crippen LogP contribution in [0.2, 0.25) is 0 Å². The van der Waals surface area contributed by atoms with Gasteiger partial charge in [-0.1, -0.05) is 12.1 Å². The van der Waals surface area contributed by atoms with Crippen LogP contribution in [-0.2, 0) is 5.60 Å². The van der Waals surface area contributed by atoms with Gasteiger partial charge in [-0.2, -0.15) is 22.0 Å². The van der Waals surface area contributed by atoms with Gasteiger partial charge in [-0.05, 0) is 18.2 Å². The fourth-order valence-electron chi connectivity index (χ4n) is 1.85. The lowest BCUT2D eigenvalue weighted by atomic mass is 9.84. The van der Waals surface area contributed by atoms with Crippen LogP contribution in [0.5, 0.6) is 0 Å². The van der Waals surface area contributed by atoms with Gasteiger partial charge in [0.2, 0.25) is 5.60 Å². The summed E-state index contributed by atoms with van der Waals surface area (Å²) in [5, 5.41) is 10.2. The molecule has 0 aliphatic rings. The molecule has 0 radical (unpaired) electrons. The Balaban J connectivity index is 2.73. The molecule has 21 heavy (non-hydrogen) atoms. The molecular formula is C13H9F5N2O. The second-order valence-corrected chi connectivity index (χ2v) is 4.24. The molecule has 1 unspecified atom stereocenters. The van der Waals surface area contributed by atoms with E-state index >= 15 is 0 Å². The van der Waals surface area contributed by atoms with Crippen LogP contribution in [0.25, 0.3) is 0 Å². The topological polar surface area (TPSA) is 46.0 Å². The summed E-state index contributed by atoms with van der Waals surface area (Å²) in [5.41, 5.74) is -5.19. The van der Waals surface area contributed by atoms with Crippen molar-refractivity contribution in [2.75, 3.05) is 0 Å². The molecule has 0 saturated heterocycles. The largest absolute Gasteiger partial charge is 0.457 e. The minimum atomic E-state index is -5.96. The van der Waals surface area contributed by atoms with E-state index in [9.17, 15) is 27.1 Å². The maximum Gasteiger partial charge on any atom is 0.457 e. The lowest BCUT2D eigenvalue weighted by Gasteiger charge is -2.36. The molecule has 0 amide bonds. The third kappa shape index (κ3) is 2.35. The monoisotopic (exact) mass is 304 g/mol. The molecule has 2 aromatic heterocycles. The average molecular weight is 304 g/mol. The van der Waals surface area contributed by atoms with E-state index in [4.69, 9.17) is 0 Å². The Hall–Kier alpha value is -2.09. The smallest absolute Gasteiger partial charge is 0.373 e. The Kier molecular flexibility index (Phi) is 3.66. The van der Waals surface area contributed by atoms with Crippen LogP contribution < -0.4 is 0 Å². The van der Waals surface area contributed by atoms with Crippen molar-refractivity contribution in [3.05, 3.63) is 60.2 Å². The van der Waals surface area contributed by atoms with Crippen molar-refractivity contribution in [3.63, 3.8) is 0 Å². The summed E-state index contributed by atoms with van der Waals surface area (Å²) < 4.78 is 66.0. The van der Waals surface area contributed by atoms with Crippen LogP contribution in [0.1, 0.15) is 11.3 Å². The molecule has 0 spiro atoms. The van der Waals surface area contributed by atoms with Gasteiger partial charge in [0.25, 0.3) is 0 Å². The molecule has 1 N–H and O–H groups in total. The van der Waals surface area contributed by atoms with Crippen LogP contribution >= 0.6 is 0 Å². The second kappa shape index (κ2) is 5.03. The Morgan fingerprint density at radius 2 is 1.62 bits per heavy atom. The second-order valence-electron chi connectivity index (χ2n) is 4.24. The lowest BCUT2D eigenvalue weighted by molar-refractivity contribution is -0.337. The first-order valence-corrected chi connectivity index (χ1v) is 5.70. The predicted molar refractivity (Wildman–Crippen MR) is 62.5 cm³/mol. The molecule has 0 aliphatic heterocycles. The number of rotatable bonds is 3. The zero-order valence-corrected chi connectivity index (χ0v) is 10.4. The molecule has 8 heteroatoms. The summed E-state index contributed by atoms with van der Waals surface area (Å²) in [5.74, 6) is -5.45. The Labute approximate surface area is 116 Å². The van der Waals surface area contributed by atoms with Gasteiger partial charge in [0.05, 0.1) is 5.69 Å². The van der Waals surface area contributed by atoms with Crippen molar-refractivity contribution < 1.29 is 27.1 Å². The molecule has 0 bridgehead atoms. The van der Waals surface area contributed by atoms with Gasteiger partial charge < -0.3 is 5.11 Å². The zero-order chi connectivity index (χ0) is 15.7. The van der Waals surface area contributed by atoms with Crippen molar-refractivity contribution in [3.8, 4) is 0 Å². The van der Waals surface area contributed by atoms with Crippen LogP contribution in [0.15, 0.2) is 48.9 Å². The highest BCUT2D eigenvalue weighted by Crippen LogP contribution is 2.50. The first kappa shape index (κ1) is 15.3. The zero-order valence-electron chi connectivity index (χ0n) is 10.4. The Morgan fingerprint density at radius 3 is 2.10 bits per heavy atom. The molecular weight excluding hydrogens is 295 g/mol. The van der Waals surface area contributed by atoms with Gasteiger partial charge >= 0.3 is 12.1 Å². The molecule has 2 heterocycles. The van der Waals surface area contributed by atoms with E-state index in [2.05, 4.69) is 9.97 Å². The van der Waals surface area contributed by atoms with E-state index in [1.165, 1.54) is 18.3 Å². The van der Waals surface area contributed by atoms with E-state index in [1.807, 2.05) is 0 Å². The van der Waals surface area contributed by atoms with Crippen molar-refractivity contribution >= 4 is 0 Å². The van der Waals surface area contributed by atoms with Crippen molar-refractivity contribution in [2.24, 2.45) is 0 Å². The summed E-state index contributed by atoms with van der Waals surface area (Å²) in [6.45, 7) is 0. The van der Waals surface area contributed by atoms with E-state index in [1.54, 1.807) is 0 Å². The first-order valence-electron chi connectivity index (χ1n) is 5.70. The van der Waals surface area contributed by atoms with Crippen LogP contribution in [0.4, 0.5) is 22.0 Å². The normalized spacial score (nSPS) is 15.5. The maximum atomic E-state index is 13.9. The fourth-order valence-corrected chi connectivity index (χ4v) is 1.85. The van der Waals surface area contributed by atoms with Gasteiger partial charge in [0.15, 0.2) is 0 Å². The van der Waals surface area contributed by atoms with Gasteiger partial charge in [-0.15, -0.1) is 0 Å². The third-order valence-corrected chi connectivity index (χ3v) is 2.93. The quantitative estimate of drug-likeness (QED) is 0.887. The van der Waals surface area contributed by atoms with E-state index in [-0.39, 0.29) is 0 Å². The number of halogens is 5. The maximum absolute atomic E-state index is 13.9. The van der Waals surface area contributed by atoms with Crippen molar-refractivity contribution in [2.45, 2.75) is 17.7 Å². The number of aromatic nitrogens is 2. The molecule has 3 nitrogen and oxygen atoms in total. The number of pyridine rings is 2. The summed E-state index contributed by atoms with van der Waals surface area (Å²) in [7, 11) is 0. The lowest BCUT2D eigenvalue weighted by Crippen LogP contribution is -2.56. The highest BCUT2D eigenvalue weighted by molar-refractivity contribution is 5.34. The summed E-state index contributed by atoms with van der Waals surface area (Å²) in [6, 6.07) is 5.51. The SMILES string of the molecule is OC(c1cccnc1)(c1ccccn1)C(F)(F)C(F)(F)F. The predicted octanol–water partition coefficient (Wildman–Crippen LogP) is 2.91. The Bertz CT molecular complexity index is 561. The summed E-state index contributed by atoms with van der Waals surface area (Å²) >= 11 is 0. The summed E-state index contributed by atoms with van der Waals surface area (Å²) in [4.78, 5) is 6.93. The minimum absolute atomic E-state index is 0.703. The molecule has 0 fully saturated rings. The first-order chi connectivity index (χ1) is 9.71. The number of hydrogen-bond donors (Lipinski definition) is 1. The third-order valence-electron chi connectivity index (χ3n) is 2.93. The number of alkyl halides is 5. The van der Waals surface area contributed by atoms with Crippen molar-refractivity contribution in [1.29, 1.82) is 0 Å². The van der Waals surface area contributed by atoms with E-state index in [0.29, 0.717) is 0 Å². The van der Waals surface area contributed by atoms with Gasteiger partial charge in [0, 0.05) is 24.2 Å². The highest BCUT2D eigenvalue weighted by atomic mass is 19.4. The molecule has 0 saturated carbocycles.